The Balaban J connectivity index is 0.00000169. The second-order valence-electron chi connectivity index (χ2n) is 2.01. The molecule has 0 unspecified atom stereocenters. The van der Waals surface area contributed by atoms with Crippen molar-refractivity contribution in [1.82, 2.24) is 0 Å². The van der Waals surface area contributed by atoms with Gasteiger partial charge in [-0.25, -0.2) is 0 Å². The van der Waals surface area contributed by atoms with E-state index in [9.17, 15) is 18.5 Å². The largest absolute Gasteiger partial charge is 0.478 e. The molecule has 0 N–H and O–H groups in total. The van der Waals surface area contributed by atoms with Crippen LogP contribution < -0.4 is 0 Å². The van der Waals surface area contributed by atoms with E-state index in [1.165, 1.54) is 18.2 Å². The van der Waals surface area contributed by atoms with Crippen molar-refractivity contribution >= 4 is 54.8 Å². The molecule has 0 aromatic heterocycles. The molecule has 1 aromatic rings. The summed E-state index contributed by atoms with van der Waals surface area (Å²) in [6, 6.07) is 5.67. The predicted octanol–water partition coefficient (Wildman–Crippen LogP) is 0.450. The fourth-order valence-corrected chi connectivity index (χ4v) is 2.12. The van der Waals surface area contributed by atoms with E-state index in [0.29, 0.717) is 10.3 Å². The van der Waals surface area contributed by atoms with Crippen LogP contribution in [0.2, 0.25) is 0 Å². The van der Waals surface area contributed by atoms with Gasteiger partial charge in [-0.3, -0.25) is 10.1 Å². The molecule has 0 bridgehead atoms. The Bertz CT molecular complexity index is 462. The van der Waals surface area contributed by atoms with E-state index < -0.39 is 14.2 Å². The minimum absolute atomic E-state index is 0. The summed E-state index contributed by atoms with van der Waals surface area (Å²) in [5.74, 6) is 0. The zero-order valence-corrected chi connectivity index (χ0v) is 10.8. The topological polar surface area (TPSA) is 77.3 Å². The molecule has 0 aliphatic heterocycles. The molecule has 5 nitrogen and oxygen atoms in total. The van der Waals surface area contributed by atoms with Crippen LogP contribution in [0.4, 0.5) is 5.69 Å². The van der Waals surface area contributed by atoms with Crippen molar-refractivity contribution in [1.29, 1.82) is 0 Å². The molecule has 0 fully saturated rings. The molecule has 14 heavy (non-hydrogen) atoms. The van der Waals surface area contributed by atoms with Crippen molar-refractivity contribution in [3.8, 4) is 0 Å². The Hall–Kier alpha value is -0.340. The van der Waals surface area contributed by atoms with Crippen LogP contribution in [-0.4, -0.2) is 42.9 Å². The Morgan fingerprint density at radius 3 is 2.36 bits per heavy atom. The third-order valence-electron chi connectivity index (χ3n) is 1.22. The number of nitro groups is 1. The van der Waals surface area contributed by atoms with Crippen molar-refractivity contribution < 1.29 is 13.3 Å². The molecule has 1 radical (unpaired) electrons. The molecular weight excluding hydrogens is 237 g/mol. The van der Waals surface area contributed by atoms with Crippen molar-refractivity contribution in [2.24, 2.45) is 0 Å². The number of hydrogen-bond donors (Lipinski definition) is 0. The molecule has 69 valence electrons. The smallest absolute Gasteiger partial charge is 0.258 e. The van der Waals surface area contributed by atoms with Crippen LogP contribution in [0.15, 0.2) is 29.2 Å². The molecule has 0 amide bonds. The first-order valence-corrected chi connectivity index (χ1v) is 5.53. The minimum atomic E-state index is -2.38. The molecule has 0 saturated carbocycles. The third kappa shape index (κ3) is 3.81. The van der Waals surface area contributed by atoms with Gasteiger partial charge >= 0.3 is 30.2 Å². The summed E-state index contributed by atoms with van der Waals surface area (Å²) in [6.07, 6.45) is 0. The zero-order chi connectivity index (χ0) is 9.84. The van der Waals surface area contributed by atoms with Gasteiger partial charge in [-0.1, -0.05) is 12.1 Å². The van der Waals surface area contributed by atoms with Crippen LogP contribution in [0.1, 0.15) is 0 Å². The number of para-hydroxylation sites is 1. The van der Waals surface area contributed by atoms with E-state index in [1.54, 1.807) is 6.07 Å². The van der Waals surface area contributed by atoms with Crippen molar-refractivity contribution in [3.63, 3.8) is 0 Å². The third-order valence-corrected chi connectivity index (χ3v) is 2.83. The van der Waals surface area contributed by atoms with E-state index in [4.69, 9.17) is 0 Å². The fraction of sp³-hybridized carbons (Fsp3) is 0. The molecule has 1 rings (SSSR count). The number of benzene rings is 1. The first kappa shape index (κ1) is 13.7. The van der Waals surface area contributed by atoms with Crippen LogP contribution in [0.3, 0.4) is 0 Å². The maximum Gasteiger partial charge on any atom is 0.478 e. The van der Waals surface area contributed by atoms with Crippen LogP contribution in [0, 0.1) is 10.1 Å². The van der Waals surface area contributed by atoms with Gasteiger partial charge in [-0.2, -0.15) is 0 Å². The van der Waals surface area contributed by atoms with E-state index in [-0.39, 0.29) is 40.1 Å². The number of hydrogen-bond acceptors (Lipinski definition) is 4. The van der Waals surface area contributed by atoms with E-state index in [0.717, 1.165) is 0 Å². The Morgan fingerprint density at radius 1 is 1.29 bits per heavy atom. The maximum absolute atomic E-state index is 10.4. The Kier molecular flexibility index (Phi) is 6.05. The average molecular weight is 241 g/mol. The Labute approximate surface area is 107 Å². The monoisotopic (exact) mass is 241 g/mol. The molecule has 0 atom stereocenters. The minimum Gasteiger partial charge on any atom is -0.258 e. The number of rotatable bonds is 2. The second-order valence-corrected chi connectivity index (χ2v) is 4.34. The first-order valence-electron chi connectivity index (χ1n) is 3.12. The Morgan fingerprint density at radius 2 is 1.86 bits per heavy atom. The molecule has 0 spiro atoms. The van der Waals surface area contributed by atoms with Crippen LogP contribution >= 0.6 is 0 Å². The molecule has 0 aliphatic carbocycles. The SMILES string of the molecule is O=[N+]([O-])c1ccccc1[S+]=S(=O)=O.[Na]. The summed E-state index contributed by atoms with van der Waals surface area (Å²) >= 11 is 0. The van der Waals surface area contributed by atoms with Crippen LogP contribution in [0.5, 0.6) is 0 Å². The van der Waals surface area contributed by atoms with Crippen molar-refractivity contribution in [2.45, 2.75) is 4.90 Å². The fourth-order valence-electron chi connectivity index (χ4n) is 0.752. The van der Waals surface area contributed by atoms with Gasteiger partial charge in [0.15, 0.2) is 0 Å². The normalized spacial score (nSPS) is 8.57. The van der Waals surface area contributed by atoms with E-state index in [2.05, 4.69) is 0 Å². The summed E-state index contributed by atoms with van der Waals surface area (Å²) in [5.41, 5.74) is -0.197. The van der Waals surface area contributed by atoms with Gasteiger partial charge in [0.05, 0.1) is 4.92 Å². The van der Waals surface area contributed by atoms with E-state index in [1.807, 2.05) is 0 Å². The summed E-state index contributed by atoms with van der Waals surface area (Å²) in [5, 5.41) is 10.4. The van der Waals surface area contributed by atoms with Gasteiger partial charge in [-0.15, -0.1) is 8.42 Å². The summed E-state index contributed by atoms with van der Waals surface area (Å²) in [4.78, 5) is 9.90. The molecule has 8 heteroatoms. The van der Waals surface area contributed by atoms with Gasteiger partial charge < -0.3 is 0 Å². The standard InChI is InChI=1S/C6H4NO4S2.Na/c8-7(9)5-3-1-2-4-6(5)12-13(10)11;/h1-4H;/q+1;. The van der Waals surface area contributed by atoms with Crippen molar-refractivity contribution in [3.05, 3.63) is 34.4 Å². The van der Waals surface area contributed by atoms with Crippen LogP contribution in [-0.2, 0) is 19.6 Å². The van der Waals surface area contributed by atoms with Crippen LogP contribution in [0.25, 0.3) is 0 Å². The van der Waals surface area contributed by atoms with Crippen molar-refractivity contribution in [2.75, 3.05) is 0 Å². The summed E-state index contributed by atoms with van der Waals surface area (Å²) < 4.78 is 20.6. The quantitative estimate of drug-likeness (QED) is 0.326. The molecular formula is C6H4NNaO4S2+. The first-order chi connectivity index (χ1) is 6.11. The van der Waals surface area contributed by atoms with Gasteiger partial charge in [0.25, 0.3) is 0 Å². The molecule has 0 aliphatic rings. The molecule has 1 aromatic carbocycles. The van der Waals surface area contributed by atoms with Gasteiger partial charge in [-0.05, 0) is 0 Å². The number of nitro benzene ring substituents is 1. The molecule has 0 heterocycles. The van der Waals surface area contributed by atoms with E-state index >= 15 is 0 Å². The van der Waals surface area contributed by atoms with Gasteiger partial charge in [0.2, 0.25) is 0 Å². The average Bonchev–Trinajstić information content (AvgIpc) is 2.03. The molecule has 0 saturated heterocycles. The number of nitrogens with zero attached hydrogens (tertiary/aromatic N) is 1. The van der Waals surface area contributed by atoms with Gasteiger partial charge in [0, 0.05) is 41.7 Å². The summed E-state index contributed by atoms with van der Waals surface area (Å²) in [6.45, 7) is 0. The zero-order valence-electron chi connectivity index (χ0n) is 7.21. The summed E-state index contributed by atoms with van der Waals surface area (Å²) in [7, 11) is -1.95. The second kappa shape index (κ2) is 6.20. The maximum atomic E-state index is 10.4. The van der Waals surface area contributed by atoms with Gasteiger partial charge in [0.1, 0.15) is 0 Å². The predicted molar refractivity (Wildman–Crippen MR) is 53.4 cm³/mol.